The summed E-state index contributed by atoms with van der Waals surface area (Å²) in [5.74, 6) is -0.415. The third kappa shape index (κ3) is 2.60. The van der Waals surface area contributed by atoms with E-state index in [-0.39, 0.29) is 5.69 Å². The first-order valence-corrected chi connectivity index (χ1v) is 4.29. The number of nitrogens with one attached hydrogen (secondary N) is 1. The third-order valence-corrected chi connectivity index (χ3v) is 1.91. The highest BCUT2D eigenvalue weighted by Crippen LogP contribution is 2.25. The minimum absolute atomic E-state index is 0.227. The summed E-state index contributed by atoms with van der Waals surface area (Å²) in [7, 11) is 0. The SMILES string of the molecule is Cc1cc(Cl)c(NC(=O)S)cc1F. The lowest BCUT2D eigenvalue weighted by molar-refractivity contribution is 0.270. The lowest BCUT2D eigenvalue weighted by atomic mass is 10.2. The van der Waals surface area contributed by atoms with E-state index in [4.69, 9.17) is 11.6 Å². The number of hydrogen-bond acceptors (Lipinski definition) is 1. The van der Waals surface area contributed by atoms with Gasteiger partial charge in [-0.15, -0.1) is 0 Å². The maximum atomic E-state index is 13.0. The Morgan fingerprint density at radius 2 is 2.23 bits per heavy atom. The van der Waals surface area contributed by atoms with Crippen LogP contribution >= 0.6 is 24.2 Å². The van der Waals surface area contributed by atoms with Crippen molar-refractivity contribution >= 4 is 35.2 Å². The number of carbonyl (C=O) groups is 1. The van der Waals surface area contributed by atoms with Gasteiger partial charge in [0, 0.05) is 0 Å². The molecule has 1 N–H and O–H groups in total. The quantitative estimate of drug-likeness (QED) is 0.698. The predicted octanol–water partition coefficient (Wildman–Crippen LogP) is 3.25. The van der Waals surface area contributed by atoms with Gasteiger partial charge in [-0.1, -0.05) is 24.2 Å². The number of rotatable bonds is 1. The van der Waals surface area contributed by atoms with Crippen molar-refractivity contribution < 1.29 is 9.18 Å². The summed E-state index contributed by atoms with van der Waals surface area (Å²) in [6.45, 7) is 1.59. The van der Waals surface area contributed by atoms with E-state index in [0.717, 1.165) is 6.07 Å². The highest BCUT2D eigenvalue weighted by atomic mass is 35.5. The van der Waals surface area contributed by atoms with Gasteiger partial charge in [-0.05, 0) is 24.6 Å². The summed E-state index contributed by atoms with van der Waals surface area (Å²) in [5.41, 5.74) is 0.659. The lowest BCUT2D eigenvalue weighted by Crippen LogP contribution is -2.02. The molecule has 70 valence electrons. The number of amides is 1. The molecule has 0 aliphatic rings. The Bertz CT molecular complexity index is 356. The van der Waals surface area contributed by atoms with E-state index in [9.17, 15) is 9.18 Å². The molecule has 0 saturated heterocycles. The normalized spacial score (nSPS) is 9.85. The molecule has 0 aromatic heterocycles. The van der Waals surface area contributed by atoms with Crippen LogP contribution in [0.4, 0.5) is 14.9 Å². The molecule has 1 aromatic carbocycles. The van der Waals surface area contributed by atoms with Crippen LogP contribution < -0.4 is 5.32 Å². The summed E-state index contributed by atoms with van der Waals surface area (Å²) < 4.78 is 13.0. The van der Waals surface area contributed by atoms with Crippen LogP contribution in [0.2, 0.25) is 5.02 Å². The fourth-order valence-electron chi connectivity index (χ4n) is 0.857. The van der Waals surface area contributed by atoms with Crippen LogP contribution in [-0.2, 0) is 0 Å². The van der Waals surface area contributed by atoms with Gasteiger partial charge in [0.25, 0.3) is 5.24 Å². The van der Waals surface area contributed by atoms with E-state index < -0.39 is 11.1 Å². The molecule has 1 aromatic rings. The molecule has 0 radical (unpaired) electrons. The number of hydrogen-bond donors (Lipinski definition) is 2. The van der Waals surface area contributed by atoms with Crippen LogP contribution in [0.5, 0.6) is 0 Å². The van der Waals surface area contributed by atoms with Crippen LogP contribution in [0.3, 0.4) is 0 Å². The van der Waals surface area contributed by atoms with Crippen molar-refractivity contribution in [1.29, 1.82) is 0 Å². The second-order valence-corrected chi connectivity index (χ2v) is 3.32. The first-order valence-electron chi connectivity index (χ1n) is 3.46. The molecule has 5 heteroatoms. The minimum Gasteiger partial charge on any atom is -0.316 e. The molecule has 0 unspecified atom stereocenters. The average molecular weight is 220 g/mol. The van der Waals surface area contributed by atoms with Crippen LogP contribution in [0.1, 0.15) is 5.56 Å². The van der Waals surface area contributed by atoms with E-state index in [2.05, 4.69) is 17.9 Å². The van der Waals surface area contributed by atoms with Gasteiger partial charge in [0.2, 0.25) is 0 Å². The van der Waals surface area contributed by atoms with Gasteiger partial charge < -0.3 is 5.32 Å². The second kappa shape index (κ2) is 3.98. The van der Waals surface area contributed by atoms with Gasteiger partial charge in [-0.25, -0.2) is 4.39 Å². The highest BCUT2D eigenvalue weighted by Gasteiger charge is 2.06. The summed E-state index contributed by atoms with van der Waals surface area (Å²) in [6, 6.07) is 2.60. The molecule has 0 aliphatic heterocycles. The Balaban J connectivity index is 3.08. The Morgan fingerprint density at radius 3 is 2.77 bits per heavy atom. The van der Waals surface area contributed by atoms with Crippen molar-refractivity contribution in [2.24, 2.45) is 0 Å². The van der Waals surface area contributed by atoms with E-state index in [1.165, 1.54) is 6.07 Å². The molecule has 1 amide bonds. The Morgan fingerprint density at radius 1 is 1.62 bits per heavy atom. The molecule has 0 aliphatic carbocycles. The minimum atomic E-state index is -0.579. The summed E-state index contributed by atoms with van der Waals surface area (Å²) in [5, 5.41) is 2.01. The second-order valence-electron chi connectivity index (χ2n) is 2.51. The van der Waals surface area contributed by atoms with Crippen LogP contribution in [0, 0.1) is 12.7 Å². The zero-order valence-electron chi connectivity index (χ0n) is 6.77. The fourth-order valence-corrected chi connectivity index (χ4v) is 1.24. The highest BCUT2D eigenvalue weighted by molar-refractivity contribution is 7.96. The molecule has 13 heavy (non-hydrogen) atoms. The van der Waals surface area contributed by atoms with Crippen LogP contribution in [-0.4, -0.2) is 5.24 Å². The van der Waals surface area contributed by atoms with Crippen molar-refractivity contribution in [1.82, 2.24) is 0 Å². The number of benzene rings is 1. The number of aryl methyl sites for hydroxylation is 1. The van der Waals surface area contributed by atoms with Gasteiger partial charge in [-0.2, -0.15) is 0 Å². The van der Waals surface area contributed by atoms with Crippen molar-refractivity contribution in [2.75, 3.05) is 5.32 Å². The van der Waals surface area contributed by atoms with Crippen LogP contribution in [0.25, 0.3) is 0 Å². The van der Waals surface area contributed by atoms with Gasteiger partial charge >= 0.3 is 0 Å². The molecular weight excluding hydrogens is 213 g/mol. The van der Waals surface area contributed by atoms with E-state index >= 15 is 0 Å². The van der Waals surface area contributed by atoms with E-state index in [1.807, 2.05) is 0 Å². The first kappa shape index (κ1) is 10.3. The summed E-state index contributed by atoms with van der Waals surface area (Å²) in [4.78, 5) is 10.5. The molecule has 0 fully saturated rings. The molecule has 0 heterocycles. The molecule has 0 bridgehead atoms. The molecule has 0 spiro atoms. The van der Waals surface area contributed by atoms with Gasteiger partial charge in [0.05, 0.1) is 10.7 Å². The molecule has 0 atom stereocenters. The lowest BCUT2D eigenvalue weighted by Gasteiger charge is -2.05. The molecule has 1 rings (SSSR count). The first-order chi connectivity index (χ1) is 6.00. The zero-order chi connectivity index (χ0) is 10.0. The maximum absolute atomic E-state index is 13.0. The molecule has 2 nitrogen and oxygen atoms in total. The monoisotopic (exact) mass is 219 g/mol. The van der Waals surface area contributed by atoms with Crippen molar-refractivity contribution in [2.45, 2.75) is 6.92 Å². The number of carbonyl (C=O) groups excluding carboxylic acids is 1. The molecule has 0 saturated carbocycles. The van der Waals surface area contributed by atoms with E-state index in [0.29, 0.717) is 10.6 Å². The average Bonchev–Trinajstić information content (AvgIpc) is 1.99. The third-order valence-electron chi connectivity index (χ3n) is 1.49. The Labute approximate surface area is 85.5 Å². The number of thiol groups is 1. The Kier molecular flexibility index (Phi) is 3.17. The van der Waals surface area contributed by atoms with Gasteiger partial charge in [0.1, 0.15) is 5.82 Å². The topological polar surface area (TPSA) is 29.1 Å². The maximum Gasteiger partial charge on any atom is 0.280 e. The van der Waals surface area contributed by atoms with Crippen LogP contribution in [0.15, 0.2) is 12.1 Å². The number of halogens is 2. The van der Waals surface area contributed by atoms with Crippen molar-refractivity contribution in [3.05, 3.63) is 28.5 Å². The number of anilines is 1. The van der Waals surface area contributed by atoms with Crippen molar-refractivity contribution in [3.8, 4) is 0 Å². The smallest absolute Gasteiger partial charge is 0.280 e. The van der Waals surface area contributed by atoms with Gasteiger partial charge in [0.15, 0.2) is 0 Å². The summed E-state index contributed by atoms with van der Waals surface area (Å²) in [6.07, 6.45) is 0. The predicted molar refractivity (Wildman–Crippen MR) is 54.2 cm³/mol. The van der Waals surface area contributed by atoms with E-state index in [1.54, 1.807) is 6.92 Å². The summed E-state index contributed by atoms with van der Waals surface area (Å²) >= 11 is 9.22. The Hall–Kier alpha value is -0.740. The van der Waals surface area contributed by atoms with Gasteiger partial charge in [-0.3, -0.25) is 4.79 Å². The fraction of sp³-hybridized carbons (Fsp3) is 0.125. The largest absolute Gasteiger partial charge is 0.316 e. The standard InChI is InChI=1S/C8H7ClFNOS/c1-4-2-5(9)7(3-6(4)10)11-8(12)13/h2-3H,1H3,(H2,11,12,13). The zero-order valence-corrected chi connectivity index (χ0v) is 8.42. The van der Waals surface area contributed by atoms with Crippen molar-refractivity contribution in [3.63, 3.8) is 0 Å². The molecular formula is C8H7ClFNOS.